The summed E-state index contributed by atoms with van der Waals surface area (Å²) < 4.78 is 19.0. The number of benzene rings is 1. The van der Waals surface area contributed by atoms with Gasteiger partial charge in [0.2, 0.25) is 5.91 Å². The Morgan fingerprint density at radius 1 is 1.13 bits per heavy atom. The smallest absolute Gasteiger partial charge is 0.224 e. The number of nitrogens with zero attached hydrogens (tertiary/aromatic N) is 2. The summed E-state index contributed by atoms with van der Waals surface area (Å²) in [4.78, 5) is 18.8. The molecular formula is C22H36FIN4O2. The Bertz CT molecular complexity index is 660. The van der Waals surface area contributed by atoms with Crippen molar-refractivity contribution in [2.24, 2.45) is 4.99 Å². The van der Waals surface area contributed by atoms with Crippen LogP contribution in [0.5, 0.6) is 0 Å². The van der Waals surface area contributed by atoms with Crippen LogP contribution in [0.2, 0.25) is 0 Å². The third kappa shape index (κ3) is 7.68. The molecule has 0 atom stereocenters. The van der Waals surface area contributed by atoms with Gasteiger partial charge in [0.15, 0.2) is 5.96 Å². The average molecular weight is 534 g/mol. The molecule has 1 aromatic carbocycles. The number of aliphatic imine (C=N–C) groups is 1. The minimum Gasteiger partial charge on any atom is -0.381 e. The molecule has 30 heavy (non-hydrogen) atoms. The van der Waals surface area contributed by atoms with Crippen molar-refractivity contribution in [3.05, 3.63) is 35.6 Å². The fraction of sp³-hybridized carbons (Fsp3) is 0.636. The molecule has 8 heteroatoms. The van der Waals surface area contributed by atoms with Crippen LogP contribution in [0.25, 0.3) is 0 Å². The van der Waals surface area contributed by atoms with E-state index in [0.29, 0.717) is 38.7 Å². The number of halogens is 2. The van der Waals surface area contributed by atoms with Gasteiger partial charge in [0.1, 0.15) is 5.82 Å². The minimum atomic E-state index is -0.229. The van der Waals surface area contributed by atoms with Gasteiger partial charge in [0.05, 0.1) is 6.54 Å². The van der Waals surface area contributed by atoms with Gasteiger partial charge in [-0.1, -0.05) is 12.1 Å². The van der Waals surface area contributed by atoms with E-state index in [-0.39, 0.29) is 41.1 Å². The first-order valence-corrected chi connectivity index (χ1v) is 10.7. The molecule has 2 N–H and O–H groups in total. The molecule has 0 bridgehead atoms. The van der Waals surface area contributed by atoms with Crippen molar-refractivity contribution >= 4 is 35.8 Å². The molecule has 1 fully saturated rings. The van der Waals surface area contributed by atoms with E-state index >= 15 is 0 Å². The lowest BCUT2D eigenvalue weighted by molar-refractivity contribution is -0.130. The molecule has 1 aromatic rings. The van der Waals surface area contributed by atoms with E-state index in [2.05, 4.69) is 10.6 Å². The number of amides is 1. The lowest BCUT2D eigenvalue weighted by Gasteiger charge is -2.36. The molecule has 0 unspecified atom stereocenters. The van der Waals surface area contributed by atoms with Crippen LogP contribution < -0.4 is 10.6 Å². The molecule has 0 spiro atoms. The third-order valence-corrected chi connectivity index (χ3v) is 5.54. The highest BCUT2D eigenvalue weighted by molar-refractivity contribution is 14.0. The van der Waals surface area contributed by atoms with Crippen molar-refractivity contribution in [2.75, 3.05) is 45.9 Å². The number of ether oxygens (including phenoxy) is 1. The quantitative estimate of drug-likeness (QED) is 0.290. The SMILES string of the molecule is CCNC(=NCC1(c2ccc(F)cc2)CCOCC1)NCCC(=O)N(CC)CC.I. The Balaban J connectivity index is 0.00000450. The van der Waals surface area contributed by atoms with Gasteiger partial charge in [0, 0.05) is 51.2 Å². The summed E-state index contributed by atoms with van der Waals surface area (Å²) in [6.45, 7) is 10.7. The van der Waals surface area contributed by atoms with E-state index in [1.54, 1.807) is 0 Å². The molecule has 0 radical (unpaired) electrons. The first-order valence-electron chi connectivity index (χ1n) is 10.7. The van der Waals surface area contributed by atoms with Gasteiger partial charge in [-0.25, -0.2) is 4.39 Å². The van der Waals surface area contributed by atoms with Crippen molar-refractivity contribution < 1.29 is 13.9 Å². The summed E-state index contributed by atoms with van der Waals surface area (Å²) in [5.41, 5.74) is 0.934. The molecular weight excluding hydrogens is 498 g/mol. The number of hydrogen-bond acceptors (Lipinski definition) is 3. The van der Waals surface area contributed by atoms with Crippen LogP contribution >= 0.6 is 24.0 Å². The zero-order valence-corrected chi connectivity index (χ0v) is 20.7. The van der Waals surface area contributed by atoms with E-state index < -0.39 is 0 Å². The molecule has 170 valence electrons. The van der Waals surface area contributed by atoms with E-state index in [4.69, 9.17) is 9.73 Å². The lowest BCUT2D eigenvalue weighted by atomic mass is 9.74. The Morgan fingerprint density at radius 3 is 2.33 bits per heavy atom. The van der Waals surface area contributed by atoms with Crippen LogP contribution in [0.4, 0.5) is 4.39 Å². The summed E-state index contributed by atoms with van der Waals surface area (Å²) in [7, 11) is 0. The fourth-order valence-corrected chi connectivity index (χ4v) is 3.70. The highest BCUT2D eigenvalue weighted by Crippen LogP contribution is 2.35. The zero-order chi connectivity index (χ0) is 21.1. The van der Waals surface area contributed by atoms with Gasteiger partial charge >= 0.3 is 0 Å². The Kier molecular flexibility index (Phi) is 12.2. The van der Waals surface area contributed by atoms with E-state index in [9.17, 15) is 9.18 Å². The third-order valence-electron chi connectivity index (χ3n) is 5.54. The van der Waals surface area contributed by atoms with Crippen LogP contribution in [0.3, 0.4) is 0 Å². The molecule has 1 saturated heterocycles. The van der Waals surface area contributed by atoms with Crippen molar-refractivity contribution in [3.63, 3.8) is 0 Å². The van der Waals surface area contributed by atoms with Gasteiger partial charge in [-0.15, -0.1) is 24.0 Å². The number of carbonyl (C=O) groups excluding carboxylic acids is 1. The highest BCUT2D eigenvalue weighted by Gasteiger charge is 2.34. The molecule has 1 aliphatic heterocycles. The standard InChI is InChI=1S/C22H35FN4O2.HI/c1-4-24-21(25-14-11-20(28)27(5-2)6-3)26-17-22(12-15-29-16-13-22)18-7-9-19(23)10-8-18;/h7-10H,4-6,11-17H2,1-3H3,(H2,24,25,26);1H. The fourth-order valence-electron chi connectivity index (χ4n) is 3.70. The zero-order valence-electron chi connectivity index (χ0n) is 18.4. The summed E-state index contributed by atoms with van der Waals surface area (Å²) in [5, 5.41) is 6.53. The molecule has 0 aromatic heterocycles. The minimum absolute atomic E-state index is 0. The van der Waals surface area contributed by atoms with Gasteiger partial charge in [-0.2, -0.15) is 0 Å². The van der Waals surface area contributed by atoms with Gasteiger partial charge in [0.25, 0.3) is 0 Å². The van der Waals surface area contributed by atoms with Crippen LogP contribution in [0.1, 0.15) is 45.6 Å². The molecule has 0 aliphatic carbocycles. The largest absolute Gasteiger partial charge is 0.381 e. The second kappa shape index (κ2) is 13.8. The summed E-state index contributed by atoms with van der Waals surface area (Å²) >= 11 is 0. The summed E-state index contributed by atoms with van der Waals surface area (Å²) in [6, 6.07) is 6.75. The van der Waals surface area contributed by atoms with Crippen molar-refractivity contribution in [2.45, 2.75) is 45.4 Å². The van der Waals surface area contributed by atoms with Crippen LogP contribution in [0, 0.1) is 5.82 Å². The van der Waals surface area contributed by atoms with E-state index in [1.165, 1.54) is 12.1 Å². The van der Waals surface area contributed by atoms with Crippen molar-refractivity contribution in [1.29, 1.82) is 0 Å². The molecule has 1 aliphatic rings. The average Bonchev–Trinajstić information content (AvgIpc) is 2.74. The Morgan fingerprint density at radius 2 is 1.77 bits per heavy atom. The number of hydrogen-bond donors (Lipinski definition) is 2. The van der Waals surface area contributed by atoms with E-state index in [1.807, 2.05) is 37.8 Å². The predicted octanol–water partition coefficient (Wildman–Crippen LogP) is 3.31. The second-order valence-electron chi connectivity index (χ2n) is 7.34. The number of rotatable bonds is 9. The molecule has 1 amide bonds. The maximum Gasteiger partial charge on any atom is 0.224 e. The van der Waals surface area contributed by atoms with Crippen molar-refractivity contribution in [3.8, 4) is 0 Å². The highest BCUT2D eigenvalue weighted by atomic mass is 127. The molecule has 1 heterocycles. The van der Waals surface area contributed by atoms with Gasteiger partial charge < -0.3 is 20.3 Å². The second-order valence-corrected chi connectivity index (χ2v) is 7.34. The first-order chi connectivity index (χ1) is 14.0. The van der Waals surface area contributed by atoms with Gasteiger partial charge in [-0.05, 0) is 51.3 Å². The normalized spacial score (nSPS) is 15.8. The molecule has 2 rings (SSSR count). The number of carbonyl (C=O) groups is 1. The monoisotopic (exact) mass is 534 g/mol. The maximum absolute atomic E-state index is 13.4. The number of nitrogens with one attached hydrogen (secondary N) is 2. The number of guanidine groups is 1. The molecule has 6 nitrogen and oxygen atoms in total. The predicted molar refractivity (Wildman–Crippen MR) is 130 cm³/mol. The van der Waals surface area contributed by atoms with Crippen LogP contribution in [-0.4, -0.2) is 62.7 Å². The lowest BCUT2D eigenvalue weighted by Crippen LogP contribution is -2.42. The first kappa shape index (κ1) is 26.6. The summed E-state index contributed by atoms with van der Waals surface area (Å²) in [6.07, 6.45) is 2.13. The topological polar surface area (TPSA) is 66.0 Å². The Hall–Kier alpha value is -1.42. The van der Waals surface area contributed by atoms with E-state index in [0.717, 1.165) is 38.0 Å². The van der Waals surface area contributed by atoms with Gasteiger partial charge in [-0.3, -0.25) is 9.79 Å². The summed E-state index contributed by atoms with van der Waals surface area (Å²) in [5.74, 6) is 0.616. The Labute approximate surface area is 197 Å². The molecule has 0 saturated carbocycles. The van der Waals surface area contributed by atoms with Crippen LogP contribution in [-0.2, 0) is 14.9 Å². The van der Waals surface area contributed by atoms with Crippen molar-refractivity contribution in [1.82, 2.24) is 15.5 Å². The van der Waals surface area contributed by atoms with Crippen LogP contribution in [0.15, 0.2) is 29.3 Å². The maximum atomic E-state index is 13.4.